The molecule has 40 heavy (non-hydrogen) atoms. The number of benzene rings is 3. The average Bonchev–Trinajstić information content (AvgIpc) is 3.00. The Bertz CT molecular complexity index is 1100. The number of rotatable bonds is 20. The minimum atomic E-state index is 0.684. The van der Waals surface area contributed by atoms with Gasteiger partial charge < -0.3 is 20.4 Å². The molecule has 0 unspecified atom stereocenters. The van der Waals surface area contributed by atoms with E-state index in [2.05, 4.69) is 88.5 Å². The van der Waals surface area contributed by atoms with Gasteiger partial charge in [-0.15, -0.1) is 0 Å². The molecule has 0 aliphatic rings. The van der Waals surface area contributed by atoms with E-state index in [0.717, 1.165) is 51.3 Å². The predicted octanol–water partition coefficient (Wildman–Crippen LogP) is 6.93. The van der Waals surface area contributed by atoms with E-state index in [1.54, 1.807) is 0 Å². The van der Waals surface area contributed by atoms with Crippen LogP contribution in [0.1, 0.15) is 56.9 Å². The first-order valence-electron chi connectivity index (χ1n) is 15.0. The zero-order valence-corrected chi connectivity index (χ0v) is 24.4. The Labute approximate surface area is 242 Å². The van der Waals surface area contributed by atoms with Crippen LogP contribution >= 0.6 is 0 Å². The quantitative estimate of drug-likeness (QED) is 0.124. The van der Waals surface area contributed by atoms with E-state index in [0.29, 0.717) is 13.0 Å². The number of hydrogen-bond donors (Lipinski definition) is 1. The largest absolute Gasteiger partial charge is 0.371 e. The first-order valence-corrected chi connectivity index (χ1v) is 15.0. The first kappa shape index (κ1) is 31.0. The second kappa shape index (κ2) is 18.7. The number of carbonyl (C=O) groups excluding carboxylic acids is 1. The maximum Gasteiger partial charge on any atom is 0.145 e. The minimum absolute atomic E-state index is 0.684. The summed E-state index contributed by atoms with van der Waals surface area (Å²) in [6.45, 7) is 5.38. The van der Waals surface area contributed by atoms with E-state index >= 15 is 0 Å². The van der Waals surface area contributed by atoms with Crippen LogP contribution in [0.25, 0.3) is 0 Å². The van der Waals surface area contributed by atoms with Crippen LogP contribution in [0.15, 0.2) is 96.7 Å². The lowest BCUT2D eigenvalue weighted by Gasteiger charge is -2.27. The van der Waals surface area contributed by atoms with Gasteiger partial charge in [0.15, 0.2) is 0 Å². The molecule has 3 rings (SSSR count). The van der Waals surface area contributed by atoms with E-state index in [9.17, 15) is 4.79 Å². The van der Waals surface area contributed by atoms with Gasteiger partial charge in [-0.25, -0.2) is 4.79 Å². The summed E-state index contributed by atoms with van der Waals surface area (Å²) in [5, 5.41) is 0. The van der Waals surface area contributed by atoms with Crippen molar-refractivity contribution in [2.45, 2.75) is 57.9 Å². The fourth-order valence-corrected chi connectivity index (χ4v) is 5.13. The molecule has 0 bridgehead atoms. The van der Waals surface area contributed by atoms with Gasteiger partial charge in [0, 0.05) is 57.6 Å². The normalized spacial score (nSPS) is 10.7. The van der Waals surface area contributed by atoms with E-state index in [1.807, 2.05) is 30.1 Å². The highest BCUT2D eigenvalue weighted by Gasteiger charge is 2.12. The Hall–Kier alpha value is -3.53. The SMILES string of the molecule is CN(Cc1ccccc1)C(=C=O)CCN(CCCCCCCCN(CCCN)c1ccccc1)c1ccccc1. The van der Waals surface area contributed by atoms with E-state index in [-0.39, 0.29) is 0 Å². The molecule has 0 amide bonds. The molecule has 3 aromatic rings. The molecule has 0 spiro atoms. The highest BCUT2D eigenvalue weighted by Crippen LogP contribution is 2.19. The molecule has 0 aliphatic carbocycles. The lowest BCUT2D eigenvalue weighted by atomic mass is 10.1. The molecule has 0 fully saturated rings. The van der Waals surface area contributed by atoms with Crippen molar-refractivity contribution in [3.05, 3.63) is 102 Å². The van der Waals surface area contributed by atoms with Crippen LogP contribution in [0.3, 0.4) is 0 Å². The molecule has 214 valence electrons. The molecule has 3 aromatic carbocycles. The van der Waals surface area contributed by atoms with Crippen molar-refractivity contribution >= 4 is 17.3 Å². The number of para-hydroxylation sites is 2. The third-order valence-corrected chi connectivity index (χ3v) is 7.44. The van der Waals surface area contributed by atoms with Crippen LogP contribution in [0.2, 0.25) is 0 Å². The van der Waals surface area contributed by atoms with Crippen molar-refractivity contribution in [3.8, 4) is 0 Å². The summed E-state index contributed by atoms with van der Waals surface area (Å²) < 4.78 is 0. The molecule has 0 aromatic heterocycles. The smallest absolute Gasteiger partial charge is 0.145 e. The lowest BCUT2D eigenvalue weighted by Crippen LogP contribution is -2.28. The molecule has 0 saturated heterocycles. The zero-order valence-electron chi connectivity index (χ0n) is 24.4. The van der Waals surface area contributed by atoms with Gasteiger partial charge in [-0.3, -0.25) is 0 Å². The second-order valence-corrected chi connectivity index (χ2v) is 10.5. The summed E-state index contributed by atoms with van der Waals surface area (Å²) in [6.07, 6.45) is 9.10. The van der Waals surface area contributed by atoms with Crippen LogP contribution in [-0.4, -0.2) is 50.6 Å². The zero-order chi connectivity index (χ0) is 28.3. The Kier molecular flexibility index (Phi) is 14.5. The number of hydrogen-bond acceptors (Lipinski definition) is 5. The summed E-state index contributed by atoms with van der Waals surface area (Å²) in [7, 11) is 1.98. The lowest BCUT2D eigenvalue weighted by molar-refractivity contribution is 0.395. The van der Waals surface area contributed by atoms with Crippen molar-refractivity contribution in [3.63, 3.8) is 0 Å². The molecule has 5 nitrogen and oxygen atoms in total. The summed E-state index contributed by atoms with van der Waals surface area (Å²) in [6, 6.07) is 31.5. The van der Waals surface area contributed by atoms with Crippen LogP contribution in [0.4, 0.5) is 11.4 Å². The summed E-state index contributed by atoms with van der Waals surface area (Å²) in [5.74, 6) is 2.21. The summed E-state index contributed by atoms with van der Waals surface area (Å²) in [4.78, 5) is 18.7. The van der Waals surface area contributed by atoms with Crippen LogP contribution < -0.4 is 15.5 Å². The second-order valence-electron chi connectivity index (χ2n) is 10.5. The third kappa shape index (κ3) is 11.3. The highest BCUT2D eigenvalue weighted by atomic mass is 16.1. The standard InChI is InChI=1S/C35H48N4O/c1-37(30-32-18-9-6-10-19-32)35(31-40)24-29-39(34-22-13-8-14-23-34)27-16-5-3-2-4-15-26-38(28-17-25-36)33-20-11-7-12-21-33/h6-14,18-23H,2-5,15-17,24-30,36H2,1H3. The fourth-order valence-electron chi connectivity index (χ4n) is 5.13. The molecule has 0 saturated carbocycles. The van der Waals surface area contributed by atoms with Crippen molar-refractivity contribution in [2.75, 3.05) is 49.6 Å². The van der Waals surface area contributed by atoms with Crippen molar-refractivity contribution in [1.29, 1.82) is 0 Å². The van der Waals surface area contributed by atoms with Crippen LogP contribution in [0, 0.1) is 0 Å². The molecular weight excluding hydrogens is 492 g/mol. The molecular formula is C35H48N4O. The van der Waals surface area contributed by atoms with E-state index in [4.69, 9.17) is 5.73 Å². The Morgan fingerprint density at radius 2 is 1.07 bits per heavy atom. The van der Waals surface area contributed by atoms with Crippen molar-refractivity contribution in [2.24, 2.45) is 5.73 Å². The van der Waals surface area contributed by atoms with Crippen LogP contribution in [-0.2, 0) is 11.3 Å². The van der Waals surface area contributed by atoms with Gasteiger partial charge in [-0.1, -0.05) is 92.4 Å². The van der Waals surface area contributed by atoms with Gasteiger partial charge in [-0.2, -0.15) is 0 Å². The number of anilines is 2. The molecule has 5 heteroatoms. The number of nitrogens with two attached hydrogens (primary N) is 1. The van der Waals surface area contributed by atoms with Crippen molar-refractivity contribution < 1.29 is 4.79 Å². The topological polar surface area (TPSA) is 52.8 Å². The van der Waals surface area contributed by atoms with E-state index < -0.39 is 0 Å². The fraction of sp³-hybridized carbons (Fsp3) is 0.429. The molecule has 0 aliphatic heterocycles. The van der Waals surface area contributed by atoms with Gasteiger partial charge in [0.05, 0.1) is 0 Å². The number of nitrogens with zero attached hydrogens (tertiary/aromatic N) is 3. The maximum absolute atomic E-state index is 11.8. The predicted molar refractivity (Wildman–Crippen MR) is 170 cm³/mol. The van der Waals surface area contributed by atoms with Crippen LogP contribution in [0.5, 0.6) is 0 Å². The van der Waals surface area contributed by atoms with Gasteiger partial charge in [0.25, 0.3) is 0 Å². The third-order valence-electron chi connectivity index (χ3n) is 7.44. The summed E-state index contributed by atoms with van der Waals surface area (Å²) in [5.41, 5.74) is 10.2. The number of unbranched alkanes of at least 4 members (excludes halogenated alkanes) is 5. The Morgan fingerprint density at radius 1 is 0.625 bits per heavy atom. The first-order chi connectivity index (χ1) is 19.7. The van der Waals surface area contributed by atoms with Gasteiger partial charge >= 0.3 is 0 Å². The summed E-state index contributed by atoms with van der Waals surface area (Å²) >= 11 is 0. The molecule has 0 heterocycles. The molecule has 0 atom stereocenters. The monoisotopic (exact) mass is 540 g/mol. The van der Waals surface area contributed by atoms with Gasteiger partial charge in [-0.05, 0) is 55.6 Å². The van der Waals surface area contributed by atoms with Gasteiger partial charge in [0.1, 0.15) is 11.6 Å². The average molecular weight is 541 g/mol. The highest BCUT2D eigenvalue weighted by molar-refractivity contribution is 5.52. The minimum Gasteiger partial charge on any atom is -0.371 e. The molecule has 2 N–H and O–H groups in total. The Morgan fingerprint density at radius 3 is 1.57 bits per heavy atom. The maximum atomic E-state index is 11.8. The Balaban J connectivity index is 1.39. The van der Waals surface area contributed by atoms with Crippen molar-refractivity contribution in [1.82, 2.24) is 4.90 Å². The molecule has 0 radical (unpaired) electrons. The van der Waals surface area contributed by atoms with Gasteiger partial charge in [0.2, 0.25) is 0 Å². The van der Waals surface area contributed by atoms with E-state index in [1.165, 1.54) is 49.0 Å².